The highest BCUT2D eigenvalue weighted by Crippen LogP contribution is 2.59. The molecule has 0 saturated heterocycles. The van der Waals surface area contributed by atoms with E-state index in [0.29, 0.717) is 23.0 Å². The van der Waals surface area contributed by atoms with Gasteiger partial charge in [0.1, 0.15) is 5.78 Å². The van der Waals surface area contributed by atoms with Crippen molar-refractivity contribution in [2.45, 2.75) is 37.5 Å². The third-order valence-corrected chi connectivity index (χ3v) is 5.38. The highest BCUT2D eigenvalue weighted by molar-refractivity contribution is 5.86. The van der Waals surface area contributed by atoms with Crippen molar-refractivity contribution in [3.63, 3.8) is 0 Å². The second-order valence-electron chi connectivity index (χ2n) is 6.39. The Bertz CT molecular complexity index is 444. The Kier molecular flexibility index (Phi) is 1.87. The fourth-order valence-electron chi connectivity index (χ4n) is 4.89. The van der Waals surface area contributed by atoms with Gasteiger partial charge >= 0.3 is 0 Å². The first kappa shape index (κ1) is 9.87. The van der Waals surface area contributed by atoms with Crippen molar-refractivity contribution in [2.75, 3.05) is 0 Å². The van der Waals surface area contributed by atoms with Crippen LogP contribution in [0, 0.1) is 17.8 Å². The van der Waals surface area contributed by atoms with Crippen molar-refractivity contribution in [3.05, 3.63) is 35.9 Å². The van der Waals surface area contributed by atoms with E-state index in [4.69, 9.17) is 0 Å². The first-order valence-electron chi connectivity index (χ1n) is 6.86. The molecule has 0 radical (unpaired) electrons. The Hall–Kier alpha value is -1.11. The predicted octanol–water partition coefficient (Wildman–Crippen LogP) is 3.33. The largest absolute Gasteiger partial charge is 0.299 e. The first-order valence-corrected chi connectivity index (χ1v) is 6.86. The molecule has 4 bridgehead atoms. The molecule has 88 valence electrons. The minimum atomic E-state index is 0.353. The first-order chi connectivity index (χ1) is 8.27. The molecule has 2 atom stereocenters. The zero-order valence-electron chi connectivity index (χ0n) is 10.1. The van der Waals surface area contributed by atoms with Crippen molar-refractivity contribution in [2.24, 2.45) is 17.8 Å². The molecule has 0 N–H and O–H groups in total. The fraction of sp³-hybridized carbons (Fsp3) is 0.562. The third kappa shape index (κ3) is 1.28. The van der Waals surface area contributed by atoms with Crippen molar-refractivity contribution >= 4 is 5.78 Å². The van der Waals surface area contributed by atoms with Crippen LogP contribution in [0.5, 0.6) is 0 Å². The van der Waals surface area contributed by atoms with E-state index in [1.807, 2.05) is 0 Å². The lowest BCUT2D eigenvalue weighted by Gasteiger charge is -2.56. The number of hydrogen-bond acceptors (Lipinski definition) is 1. The quantitative estimate of drug-likeness (QED) is 0.718. The van der Waals surface area contributed by atoms with Crippen LogP contribution in [-0.2, 0) is 10.2 Å². The Balaban J connectivity index is 1.79. The Morgan fingerprint density at radius 2 is 1.59 bits per heavy atom. The van der Waals surface area contributed by atoms with Gasteiger partial charge in [-0.25, -0.2) is 0 Å². The molecule has 1 aromatic rings. The molecule has 0 spiro atoms. The summed E-state index contributed by atoms with van der Waals surface area (Å²) in [5.41, 5.74) is 1.85. The molecular formula is C16H18O. The van der Waals surface area contributed by atoms with E-state index in [1.54, 1.807) is 0 Å². The highest BCUT2D eigenvalue weighted by atomic mass is 16.1. The summed E-state index contributed by atoms with van der Waals surface area (Å²) in [5, 5.41) is 0. The van der Waals surface area contributed by atoms with Gasteiger partial charge in [0.25, 0.3) is 0 Å². The molecule has 17 heavy (non-hydrogen) atoms. The molecule has 4 aliphatic rings. The molecule has 4 aliphatic carbocycles. The number of carbonyl (C=O) groups is 1. The SMILES string of the molecule is O=C1[C@H]2CC3C[C@H]1CC(c1ccccc1)(C3)C2. The maximum atomic E-state index is 12.1. The smallest absolute Gasteiger partial charge is 0.139 e. The number of hydrogen-bond donors (Lipinski definition) is 0. The maximum Gasteiger partial charge on any atom is 0.139 e. The molecule has 4 fully saturated rings. The van der Waals surface area contributed by atoms with Gasteiger partial charge in [0.2, 0.25) is 0 Å². The van der Waals surface area contributed by atoms with Crippen LogP contribution in [0.1, 0.15) is 37.7 Å². The van der Waals surface area contributed by atoms with Crippen molar-refractivity contribution in [1.82, 2.24) is 0 Å². The lowest BCUT2D eigenvalue weighted by atomic mass is 9.47. The maximum absolute atomic E-state index is 12.1. The van der Waals surface area contributed by atoms with Gasteiger partial charge in [0.05, 0.1) is 0 Å². The van der Waals surface area contributed by atoms with Gasteiger partial charge in [-0.3, -0.25) is 4.79 Å². The van der Waals surface area contributed by atoms with Crippen LogP contribution in [0.4, 0.5) is 0 Å². The molecule has 1 heteroatoms. The van der Waals surface area contributed by atoms with E-state index in [9.17, 15) is 4.79 Å². The molecule has 0 amide bonds. The van der Waals surface area contributed by atoms with Gasteiger partial charge in [-0.1, -0.05) is 30.3 Å². The zero-order valence-corrected chi connectivity index (χ0v) is 10.1. The van der Waals surface area contributed by atoms with E-state index in [0.717, 1.165) is 18.8 Å². The topological polar surface area (TPSA) is 17.1 Å². The summed E-state index contributed by atoms with van der Waals surface area (Å²) in [6, 6.07) is 10.9. The molecule has 0 unspecified atom stereocenters. The number of ketones is 1. The van der Waals surface area contributed by atoms with Gasteiger partial charge in [-0.15, -0.1) is 0 Å². The van der Waals surface area contributed by atoms with E-state index in [1.165, 1.54) is 24.8 Å². The molecule has 0 aliphatic heterocycles. The van der Waals surface area contributed by atoms with Crippen molar-refractivity contribution in [3.8, 4) is 0 Å². The Morgan fingerprint density at radius 1 is 0.941 bits per heavy atom. The summed E-state index contributed by atoms with van der Waals surface area (Å²) in [5.74, 6) is 2.20. The van der Waals surface area contributed by atoms with Crippen LogP contribution < -0.4 is 0 Å². The zero-order chi connectivity index (χ0) is 11.5. The molecular weight excluding hydrogens is 208 g/mol. The Morgan fingerprint density at radius 3 is 2.24 bits per heavy atom. The molecule has 5 rings (SSSR count). The van der Waals surface area contributed by atoms with E-state index < -0.39 is 0 Å². The molecule has 0 aromatic heterocycles. The van der Waals surface area contributed by atoms with Gasteiger partial charge in [-0.2, -0.15) is 0 Å². The van der Waals surface area contributed by atoms with Gasteiger partial charge < -0.3 is 0 Å². The molecule has 0 heterocycles. The predicted molar refractivity (Wildman–Crippen MR) is 66.7 cm³/mol. The van der Waals surface area contributed by atoms with Crippen LogP contribution in [0.25, 0.3) is 0 Å². The summed E-state index contributed by atoms with van der Waals surface area (Å²) in [4.78, 5) is 12.1. The summed E-state index contributed by atoms with van der Waals surface area (Å²) in [7, 11) is 0. The van der Waals surface area contributed by atoms with Crippen molar-refractivity contribution < 1.29 is 4.79 Å². The van der Waals surface area contributed by atoms with Crippen LogP contribution >= 0.6 is 0 Å². The highest BCUT2D eigenvalue weighted by Gasteiger charge is 2.55. The Labute approximate surface area is 102 Å². The number of Topliss-reactive ketones (excluding diaryl/α,β-unsaturated/α-hetero) is 1. The summed E-state index contributed by atoms with van der Waals surface area (Å²) >= 11 is 0. The van der Waals surface area contributed by atoms with Crippen LogP contribution in [0.2, 0.25) is 0 Å². The van der Waals surface area contributed by atoms with Crippen LogP contribution in [-0.4, -0.2) is 5.78 Å². The average molecular weight is 226 g/mol. The lowest BCUT2D eigenvalue weighted by molar-refractivity contribution is -0.142. The summed E-state index contributed by atoms with van der Waals surface area (Å²) < 4.78 is 0. The van der Waals surface area contributed by atoms with E-state index in [2.05, 4.69) is 30.3 Å². The molecule has 1 aromatic carbocycles. The van der Waals surface area contributed by atoms with Crippen molar-refractivity contribution in [1.29, 1.82) is 0 Å². The minimum absolute atomic E-state index is 0.353. The van der Waals surface area contributed by atoms with E-state index >= 15 is 0 Å². The third-order valence-electron chi connectivity index (χ3n) is 5.38. The lowest BCUT2D eigenvalue weighted by Crippen LogP contribution is -2.53. The number of rotatable bonds is 1. The normalized spacial score (nSPS) is 43.1. The molecule has 1 nitrogen and oxygen atoms in total. The minimum Gasteiger partial charge on any atom is -0.299 e. The summed E-state index contributed by atoms with van der Waals surface area (Å²) in [6.45, 7) is 0. The standard InChI is InChI=1S/C16H18O/c17-15-12-6-11-7-13(15)10-16(8-11,9-12)14-4-2-1-3-5-14/h1-5,11-13H,6-10H2/t11?,12-,13-,16?/m0/s1. The fourth-order valence-corrected chi connectivity index (χ4v) is 4.89. The monoisotopic (exact) mass is 226 g/mol. The van der Waals surface area contributed by atoms with Crippen LogP contribution in [0.3, 0.4) is 0 Å². The van der Waals surface area contributed by atoms with Crippen LogP contribution in [0.15, 0.2) is 30.3 Å². The van der Waals surface area contributed by atoms with E-state index in [-0.39, 0.29) is 0 Å². The summed E-state index contributed by atoms with van der Waals surface area (Å²) in [6.07, 6.45) is 5.96. The van der Waals surface area contributed by atoms with Gasteiger partial charge in [-0.05, 0) is 49.0 Å². The number of benzene rings is 1. The number of carbonyl (C=O) groups excluding carboxylic acids is 1. The van der Waals surface area contributed by atoms with Gasteiger partial charge in [0, 0.05) is 11.8 Å². The van der Waals surface area contributed by atoms with Gasteiger partial charge in [0.15, 0.2) is 0 Å². The molecule has 4 saturated carbocycles. The second kappa shape index (κ2) is 3.22. The average Bonchev–Trinajstić information content (AvgIpc) is 2.36. The second-order valence-corrected chi connectivity index (χ2v) is 6.39.